The second-order valence-corrected chi connectivity index (χ2v) is 7.72. The van der Waals surface area contributed by atoms with Crippen molar-refractivity contribution in [1.29, 1.82) is 0 Å². The quantitative estimate of drug-likeness (QED) is 0.893. The molecule has 1 aliphatic carbocycles. The summed E-state index contributed by atoms with van der Waals surface area (Å²) in [6.07, 6.45) is 6.23. The molecule has 4 heteroatoms. The first kappa shape index (κ1) is 18.0. The first-order valence-electron chi connectivity index (χ1n) is 9.69. The molecule has 1 aromatic carbocycles. The van der Waals surface area contributed by atoms with Crippen molar-refractivity contribution in [3.8, 4) is 0 Å². The van der Waals surface area contributed by atoms with Gasteiger partial charge in [-0.3, -0.25) is 9.59 Å². The second kappa shape index (κ2) is 7.59. The maximum absolute atomic E-state index is 13.6. The largest absolute Gasteiger partial charge is 0.351 e. The number of amides is 2. The van der Waals surface area contributed by atoms with E-state index in [9.17, 15) is 9.59 Å². The van der Waals surface area contributed by atoms with Gasteiger partial charge in [0.25, 0.3) is 0 Å². The van der Waals surface area contributed by atoms with Crippen LogP contribution in [-0.2, 0) is 15.0 Å². The molecule has 4 nitrogen and oxygen atoms in total. The molecule has 1 aromatic rings. The molecule has 0 radical (unpaired) electrons. The molecular weight excluding hydrogens is 312 g/mol. The molecule has 2 amide bonds. The van der Waals surface area contributed by atoms with Crippen LogP contribution in [0.2, 0.25) is 0 Å². The zero-order valence-electron chi connectivity index (χ0n) is 15.5. The Kier molecular flexibility index (Phi) is 5.45. The zero-order valence-corrected chi connectivity index (χ0v) is 15.5. The van der Waals surface area contributed by atoms with Gasteiger partial charge in [-0.1, -0.05) is 56.5 Å². The van der Waals surface area contributed by atoms with E-state index < -0.39 is 0 Å². The number of nitrogens with one attached hydrogen (secondary N) is 1. The number of carbonyl (C=O) groups is 2. The Balaban J connectivity index is 1.82. The maximum atomic E-state index is 13.6. The Labute approximate surface area is 151 Å². The highest BCUT2D eigenvalue weighted by atomic mass is 16.2. The van der Waals surface area contributed by atoms with Crippen molar-refractivity contribution in [3.63, 3.8) is 0 Å². The highest BCUT2D eigenvalue weighted by Crippen LogP contribution is 2.43. The predicted octanol–water partition coefficient (Wildman–Crippen LogP) is 3.26. The molecule has 136 valence electrons. The van der Waals surface area contributed by atoms with Gasteiger partial charge >= 0.3 is 0 Å². The van der Waals surface area contributed by atoms with Crippen molar-refractivity contribution in [2.75, 3.05) is 13.1 Å². The summed E-state index contributed by atoms with van der Waals surface area (Å²) >= 11 is 0. The fourth-order valence-electron chi connectivity index (χ4n) is 4.79. The van der Waals surface area contributed by atoms with Crippen LogP contribution in [-0.4, -0.2) is 35.8 Å². The van der Waals surface area contributed by atoms with Gasteiger partial charge in [-0.05, 0) is 30.7 Å². The van der Waals surface area contributed by atoms with Gasteiger partial charge in [-0.15, -0.1) is 0 Å². The fourth-order valence-corrected chi connectivity index (χ4v) is 4.79. The average molecular weight is 342 g/mol. The van der Waals surface area contributed by atoms with Gasteiger partial charge in [-0.25, -0.2) is 0 Å². The molecule has 1 N–H and O–H groups in total. The highest BCUT2D eigenvalue weighted by Gasteiger charge is 2.47. The Morgan fingerprint density at radius 3 is 2.44 bits per heavy atom. The van der Waals surface area contributed by atoms with Gasteiger partial charge in [0.1, 0.15) is 0 Å². The van der Waals surface area contributed by atoms with Crippen LogP contribution in [0.4, 0.5) is 0 Å². The molecule has 1 saturated carbocycles. The molecule has 1 heterocycles. The molecular formula is C21H30N2O2. The third kappa shape index (κ3) is 3.58. The van der Waals surface area contributed by atoms with E-state index in [1.165, 1.54) is 0 Å². The topological polar surface area (TPSA) is 49.4 Å². The molecule has 1 saturated heterocycles. The monoisotopic (exact) mass is 342 g/mol. The molecule has 0 unspecified atom stereocenters. The zero-order chi connectivity index (χ0) is 17.9. The van der Waals surface area contributed by atoms with Crippen LogP contribution in [0.5, 0.6) is 0 Å². The van der Waals surface area contributed by atoms with Gasteiger partial charge in [0.05, 0.1) is 11.5 Å². The minimum Gasteiger partial charge on any atom is -0.351 e. The summed E-state index contributed by atoms with van der Waals surface area (Å²) in [5.74, 6) is 0.635. The number of nitrogens with zero attached hydrogens (tertiary/aromatic N) is 1. The summed E-state index contributed by atoms with van der Waals surface area (Å²) in [7, 11) is 0. The molecule has 3 rings (SSSR count). The van der Waals surface area contributed by atoms with E-state index in [4.69, 9.17) is 0 Å². The van der Waals surface area contributed by atoms with Crippen molar-refractivity contribution in [2.24, 2.45) is 5.92 Å². The summed E-state index contributed by atoms with van der Waals surface area (Å²) in [6.45, 7) is 5.15. The Morgan fingerprint density at radius 1 is 1.16 bits per heavy atom. The van der Waals surface area contributed by atoms with E-state index in [2.05, 4.69) is 24.4 Å². The SMILES string of the molecule is CCC[C@@H]1CN(C(=O)C2(c3ccccc3)CCCC2)C[C@H]1NC(C)=O. The number of hydrogen-bond donors (Lipinski definition) is 1. The first-order chi connectivity index (χ1) is 12.1. The van der Waals surface area contributed by atoms with E-state index in [1.54, 1.807) is 6.92 Å². The van der Waals surface area contributed by atoms with Crippen molar-refractivity contribution in [2.45, 2.75) is 63.8 Å². The number of rotatable bonds is 5. The van der Waals surface area contributed by atoms with Crippen molar-refractivity contribution in [3.05, 3.63) is 35.9 Å². The van der Waals surface area contributed by atoms with Crippen LogP contribution in [0.3, 0.4) is 0 Å². The Hall–Kier alpha value is -1.84. The molecule has 2 atom stereocenters. The van der Waals surface area contributed by atoms with Crippen molar-refractivity contribution < 1.29 is 9.59 Å². The van der Waals surface area contributed by atoms with E-state index in [0.717, 1.165) is 50.6 Å². The fraction of sp³-hybridized carbons (Fsp3) is 0.619. The minimum atomic E-state index is -0.358. The second-order valence-electron chi connectivity index (χ2n) is 7.72. The third-order valence-corrected chi connectivity index (χ3v) is 5.97. The van der Waals surface area contributed by atoms with Gasteiger partial charge in [-0.2, -0.15) is 0 Å². The normalized spacial score (nSPS) is 25.1. The van der Waals surface area contributed by atoms with E-state index in [1.807, 2.05) is 23.1 Å². The lowest BCUT2D eigenvalue weighted by Gasteiger charge is -2.33. The third-order valence-electron chi connectivity index (χ3n) is 5.97. The van der Waals surface area contributed by atoms with Crippen molar-refractivity contribution in [1.82, 2.24) is 10.2 Å². The average Bonchev–Trinajstić information content (AvgIpc) is 3.24. The molecule has 25 heavy (non-hydrogen) atoms. The molecule has 1 aliphatic heterocycles. The Morgan fingerprint density at radius 2 is 1.84 bits per heavy atom. The van der Waals surface area contributed by atoms with E-state index in [-0.39, 0.29) is 23.3 Å². The molecule has 2 fully saturated rings. The van der Waals surface area contributed by atoms with Crippen LogP contribution < -0.4 is 5.32 Å². The lowest BCUT2D eigenvalue weighted by molar-refractivity contribution is -0.136. The molecule has 0 aromatic heterocycles. The lowest BCUT2D eigenvalue weighted by atomic mass is 9.77. The number of benzene rings is 1. The summed E-state index contributed by atoms with van der Waals surface area (Å²) in [5, 5.41) is 3.07. The highest BCUT2D eigenvalue weighted by molar-refractivity contribution is 5.89. The minimum absolute atomic E-state index is 0.000888. The lowest BCUT2D eigenvalue weighted by Crippen LogP contribution is -2.46. The van der Waals surface area contributed by atoms with Crippen LogP contribution in [0.25, 0.3) is 0 Å². The molecule has 0 spiro atoms. The van der Waals surface area contributed by atoms with Crippen LogP contribution in [0.1, 0.15) is 57.9 Å². The summed E-state index contributed by atoms with van der Waals surface area (Å²) in [5.41, 5.74) is 0.802. The summed E-state index contributed by atoms with van der Waals surface area (Å²) in [6, 6.07) is 10.4. The van der Waals surface area contributed by atoms with Crippen LogP contribution in [0, 0.1) is 5.92 Å². The maximum Gasteiger partial charge on any atom is 0.233 e. The first-order valence-corrected chi connectivity index (χ1v) is 9.69. The molecule has 0 bridgehead atoms. The van der Waals surface area contributed by atoms with Gasteiger partial charge in [0.2, 0.25) is 11.8 Å². The summed E-state index contributed by atoms with van der Waals surface area (Å²) < 4.78 is 0. The van der Waals surface area contributed by atoms with Crippen molar-refractivity contribution >= 4 is 11.8 Å². The van der Waals surface area contributed by atoms with E-state index >= 15 is 0 Å². The van der Waals surface area contributed by atoms with Gasteiger partial charge in [0, 0.05) is 20.0 Å². The molecule has 2 aliphatic rings. The van der Waals surface area contributed by atoms with Gasteiger partial charge in [0.15, 0.2) is 0 Å². The Bertz CT molecular complexity index is 608. The smallest absolute Gasteiger partial charge is 0.233 e. The standard InChI is InChI=1S/C21H30N2O2/c1-3-9-17-14-23(15-19(17)22-16(2)24)20(25)21(12-7-8-13-21)18-10-5-4-6-11-18/h4-6,10-11,17,19H,3,7-9,12-15H2,1-2H3,(H,22,24)/t17-,19-/m1/s1. The summed E-state index contributed by atoms with van der Waals surface area (Å²) in [4.78, 5) is 27.1. The van der Waals surface area contributed by atoms with Crippen LogP contribution >= 0.6 is 0 Å². The van der Waals surface area contributed by atoms with Crippen LogP contribution in [0.15, 0.2) is 30.3 Å². The number of carbonyl (C=O) groups excluding carboxylic acids is 2. The predicted molar refractivity (Wildman–Crippen MR) is 99.2 cm³/mol. The van der Waals surface area contributed by atoms with E-state index in [0.29, 0.717) is 12.5 Å². The van der Waals surface area contributed by atoms with Gasteiger partial charge < -0.3 is 10.2 Å². The number of likely N-dealkylation sites (tertiary alicyclic amines) is 1. The number of hydrogen-bond acceptors (Lipinski definition) is 2.